The van der Waals surface area contributed by atoms with Gasteiger partial charge in [0.15, 0.2) is 0 Å². The van der Waals surface area contributed by atoms with Gasteiger partial charge in [0.2, 0.25) is 0 Å². The molecule has 5 heterocycles. The zero-order valence-corrected chi connectivity index (χ0v) is 17.2. The molecule has 0 spiro atoms. The summed E-state index contributed by atoms with van der Waals surface area (Å²) in [4.78, 5) is 13.7. The van der Waals surface area contributed by atoms with Crippen LogP contribution in [0.5, 0.6) is 0 Å². The van der Waals surface area contributed by atoms with Crippen molar-refractivity contribution < 1.29 is 8.78 Å². The number of aromatic amines is 1. The molecular formula is C22H14ClF2N7. The van der Waals surface area contributed by atoms with E-state index in [2.05, 4.69) is 30.0 Å². The van der Waals surface area contributed by atoms with Gasteiger partial charge >= 0.3 is 0 Å². The first-order chi connectivity index (χ1) is 15.6. The average molecular weight is 450 g/mol. The molecule has 7 nitrogen and oxygen atoms in total. The molecular weight excluding hydrogens is 436 g/mol. The van der Waals surface area contributed by atoms with Crippen LogP contribution in [0.1, 0.15) is 0 Å². The van der Waals surface area contributed by atoms with Gasteiger partial charge < -0.3 is 9.88 Å². The van der Waals surface area contributed by atoms with Crippen LogP contribution in [0.25, 0.3) is 44.8 Å². The van der Waals surface area contributed by atoms with E-state index in [1.54, 1.807) is 24.8 Å². The van der Waals surface area contributed by atoms with Crippen LogP contribution in [0.2, 0.25) is 5.02 Å². The van der Waals surface area contributed by atoms with Crippen LogP contribution in [0.4, 0.5) is 14.6 Å². The van der Waals surface area contributed by atoms with E-state index in [9.17, 15) is 8.78 Å². The van der Waals surface area contributed by atoms with E-state index in [4.69, 9.17) is 16.6 Å². The molecule has 0 radical (unpaired) electrons. The van der Waals surface area contributed by atoms with Crippen molar-refractivity contribution in [1.29, 1.82) is 0 Å². The number of pyridine rings is 2. The third kappa shape index (κ3) is 2.93. The van der Waals surface area contributed by atoms with Gasteiger partial charge in [-0.25, -0.2) is 18.7 Å². The lowest BCUT2D eigenvalue weighted by Crippen LogP contribution is -1.95. The first kappa shape index (κ1) is 18.9. The predicted octanol–water partition coefficient (Wildman–Crippen LogP) is 4.91. The van der Waals surface area contributed by atoms with Gasteiger partial charge in [-0.2, -0.15) is 5.10 Å². The molecule has 0 unspecified atom stereocenters. The summed E-state index contributed by atoms with van der Waals surface area (Å²) in [7, 11) is 0. The van der Waals surface area contributed by atoms with E-state index < -0.39 is 11.6 Å². The number of nitrogens with zero attached hydrogens (tertiary/aromatic N) is 5. The Labute approximate surface area is 185 Å². The number of halogens is 3. The SMILES string of the molecule is Fc1cc(F)c(-c2n[nH]cc2-c2ccc3ncc(-c4ncn5c4NCC5)cc3n2)cc1Cl. The molecule has 0 saturated carbocycles. The number of aromatic nitrogens is 6. The highest BCUT2D eigenvalue weighted by Crippen LogP contribution is 2.35. The number of benzene rings is 1. The van der Waals surface area contributed by atoms with E-state index in [0.717, 1.165) is 36.2 Å². The predicted molar refractivity (Wildman–Crippen MR) is 117 cm³/mol. The monoisotopic (exact) mass is 449 g/mol. The summed E-state index contributed by atoms with van der Waals surface area (Å²) in [5, 5.41) is 10.0. The number of anilines is 1. The van der Waals surface area contributed by atoms with Gasteiger partial charge in [0.1, 0.15) is 28.8 Å². The lowest BCUT2D eigenvalue weighted by molar-refractivity contribution is 0.585. The van der Waals surface area contributed by atoms with Gasteiger partial charge in [-0.3, -0.25) is 10.1 Å². The Kier molecular flexibility index (Phi) is 4.19. The molecule has 4 aromatic heterocycles. The van der Waals surface area contributed by atoms with Crippen molar-refractivity contribution in [2.75, 3.05) is 11.9 Å². The summed E-state index contributed by atoms with van der Waals surface area (Å²) in [6.07, 6.45) is 5.19. The van der Waals surface area contributed by atoms with E-state index in [0.29, 0.717) is 22.3 Å². The van der Waals surface area contributed by atoms with Crippen LogP contribution in [-0.2, 0) is 6.54 Å². The summed E-state index contributed by atoms with van der Waals surface area (Å²) in [6, 6.07) is 7.50. The zero-order chi connectivity index (χ0) is 21.8. The molecule has 1 aliphatic heterocycles. The van der Waals surface area contributed by atoms with Gasteiger partial charge in [0.25, 0.3) is 0 Å². The lowest BCUT2D eigenvalue weighted by atomic mass is 10.0. The largest absolute Gasteiger partial charge is 0.368 e. The van der Waals surface area contributed by atoms with Gasteiger partial charge in [0, 0.05) is 48.2 Å². The standard InChI is InChI=1S/C22H14ClF2N7/c23-14-6-12(15(24)7-16(14)25)21-13(9-29-31-21)17-1-2-18-19(30-17)5-11(8-27-18)20-22-26-3-4-32(22)10-28-20/h1-2,5-10,26H,3-4H2,(H,29,31). The number of fused-ring (bicyclic) bond motifs is 2. The topological polar surface area (TPSA) is 84.3 Å². The van der Waals surface area contributed by atoms with Gasteiger partial charge in [-0.1, -0.05) is 11.6 Å². The minimum atomic E-state index is -0.826. The highest BCUT2D eigenvalue weighted by molar-refractivity contribution is 6.31. The fourth-order valence-electron chi connectivity index (χ4n) is 3.92. The zero-order valence-electron chi connectivity index (χ0n) is 16.4. The van der Waals surface area contributed by atoms with Gasteiger partial charge in [-0.05, 0) is 24.3 Å². The second kappa shape index (κ2) is 7.10. The fourth-order valence-corrected chi connectivity index (χ4v) is 4.09. The van der Waals surface area contributed by atoms with Crippen molar-refractivity contribution >= 4 is 28.5 Å². The number of H-pyrrole nitrogens is 1. The van der Waals surface area contributed by atoms with Crippen molar-refractivity contribution in [2.45, 2.75) is 6.54 Å². The molecule has 0 aliphatic carbocycles. The molecule has 6 rings (SSSR count). The molecule has 1 aliphatic rings. The smallest absolute Gasteiger partial charge is 0.144 e. The number of nitrogens with one attached hydrogen (secondary N) is 2. The number of hydrogen-bond donors (Lipinski definition) is 2. The number of rotatable bonds is 3. The quantitative estimate of drug-likeness (QED) is 0.382. The van der Waals surface area contributed by atoms with Crippen LogP contribution in [-0.4, -0.2) is 36.3 Å². The Morgan fingerprint density at radius 1 is 0.969 bits per heavy atom. The first-order valence-electron chi connectivity index (χ1n) is 9.84. The summed E-state index contributed by atoms with van der Waals surface area (Å²) in [5.74, 6) is -0.623. The van der Waals surface area contributed by atoms with E-state index in [1.165, 1.54) is 6.07 Å². The first-order valence-corrected chi connectivity index (χ1v) is 10.2. The van der Waals surface area contributed by atoms with Crippen molar-refractivity contribution in [3.63, 3.8) is 0 Å². The Morgan fingerprint density at radius 2 is 1.88 bits per heavy atom. The molecule has 158 valence electrons. The highest BCUT2D eigenvalue weighted by Gasteiger charge is 2.20. The number of hydrogen-bond acceptors (Lipinski definition) is 5. The molecule has 0 fully saturated rings. The lowest BCUT2D eigenvalue weighted by Gasteiger charge is -2.07. The molecule has 1 aromatic carbocycles. The van der Waals surface area contributed by atoms with Crippen LogP contribution in [0.3, 0.4) is 0 Å². The number of imidazole rings is 1. The third-order valence-corrected chi connectivity index (χ3v) is 5.76. The van der Waals surface area contributed by atoms with Crippen molar-refractivity contribution in [3.05, 3.63) is 65.7 Å². The molecule has 32 heavy (non-hydrogen) atoms. The van der Waals surface area contributed by atoms with Crippen LogP contribution >= 0.6 is 11.6 Å². The maximum Gasteiger partial charge on any atom is 0.144 e. The van der Waals surface area contributed by atoms with Crippen molar-refractivity contribution in [2.24, 2.45) is 0 Å². The molecule has 10 heteroatoms. The summed E-state index contributed by atoms with van der Waals surface area (Å²) in [6.45, 7) is 1.74. The van der Waals surface area contributed by atoms with Crippen LogP contribution < -0.4 is 5.32 Å². The molecule has 0 atom stereocenters. The van der Waals surface area contributed by atoms with E-state index in [-0.39, 0.29) is 16.3 Å². The van der Waals surface area contributed by atoms with Crippen molar-refractivity contribution in [3.8, 4) is 33.8 Å². The second-order valence-electron chi connectivity index (χ2n) is 7.41. The maximum atomic E-state index is 14.5. The summed E-state index contributed by atoms with van der Waals surface area (Å²) >= 11 is 5.87. The van der Waals surface area contributed by atoms with Gasteiger partial charge in [0.05, 0.1) is 28.1 Å². The molecule has 0 saturated heterocycles. The molecule has 0 amide bonds. The summed E-state index contributed by atoms with van der Waals surface area (Å²) < 4.78 is 30.1. The van der Waals surface area contributed by atoms with Gasteiger partial charge in [-0.15, -0.1) is 0 Å². The average Bonchev–Trinajstić information content (AvgIpc) is 3.52. The highest BCUT2D eigenvalue weighted by atomic mass is 35.5. The third-order valence-electron chi connectivity index (χ3n) is 5.48. The Balaban J connectivity index is 1.46. The molecule has 0 bridgehead atoms. The molecule has 2 N–H and O–H groups in total. The maximum absolute atomic E-state index is 14.5. The minimum Gasteiger partial charge on any atom is -0.368 e. The van der Waals surface area contributed by atoms with Crippen LogP contribution in [0, 0.1) is 11.6 Å². The second-order valence-corrected chi connectivity index (χ2v) is 7.82. The normalized spacial score (nSPS) is 12.8. The van der Waals surface area contributed by atoms with Crippen LogP contribution in [0.15, 0.2) is 49.1 Å². The van der Waals surface area contributed by atoms with E-state index in [1.807, 2.05) is 12.1 Å². The Bertz CT molecular complexity index is 1510. The summed E-state index contributed by atoms with van der Waals surface area (Å²) in [5.41, 5.74) is 4.52. The Morgan fingerprint density at radius 3 is 2.78 bits per heavy atom. The molecule has 5 aromatic rings. The fraction of sp³-hybridized carbons (Fsp3) is 0.0909. The van der Waals surface area contributed by atoms with E-state index >= 15 is 0 Å². The van der Waals surface area contributed by atoms with Crippen molar-refractivity contribution in [1.82, 2.24) is 29.7 Å². The minimum absolute atomic E-state index is 0.0843. The Hall–Kier alpha value is -3.85.